The van der Waals surface area contributed by atoms with Gasteiger partial charge in [-0.15, -0.1) is 0 Å². The number of nitrogens with zero attached hydrogens (tertiary/aromatic N) is 1. The Morgan fingerprint density at radius 1 is 1.06 bits per heavy atom. The van der Waals surface area contributed by atoms with E-state index in [0.717, 1.165) is 23.8 Å². The Labute approximate surface area is 103 Å². The van der Waals surface area contributed by atoms with Crippen LogP contribution in [-0.4, -0.2) is 23.5 Å². The van der Waals surface area contributed by atoms with E-state index >= 15 is 0 Å². The molecule has 2 atom stereocenters. The minimum absolute atomic E-state index is 0.704. The van der Waals surface area contributed by atoms with E-state index in [4.69, 9.17) is 0 Å². The lowest BCUT2D eigenvalue weighted by Gasteiger charge is -2.36. The lowest BCUT2D eigenvalue weighted by Crippen LogP contribution is -2.42. The van der Waals surface area contributed by atoms with Crippen LogP contribution in [0.3, 0.4) is 0 Å². The average molecular weight is 225 g/mol. The summed E-state index contributed by atoms with van der Waals surface area (Å²) in [5.41, 5.74) is 0. The maximum Gasteiger partial charge on any atom is 0.0129 e. The fourth-order valence-corrected chi connectivity index (χ4v) is 2.72. The predicted molar refractivity (Wildman–Crippen MR) is 72.6 cm³/mol. The average Bonchev–Trinajstić information content (AvgIpc) is 2.99. The highest BCUT2D eigenvalue weighted by atomic mass is 15.2. The van der Waals surface area contributed by atoms with E-state index in [9.17, 15) is 0 Å². The monoisotopic (exact) mass is 225 g/mol. The third kappa shape index (κ3) is 3.76. The van der Waals surface area contributed by atoms with Gasteiger partial charge in [-0.2, -0.15) is 0 Å². The predicted octanol–water partition coefficient (Wildman–Crippen LogP) is 4.18. The molecule has 0 N–H and O–H groups in total. The summed E-state index contributed by atoms with van der Waals surface area (Å²) in [4.78, 5) is 2.72. The fraction of sp³-hybridized carbons (Fsp3) is 1.00. The smallest absolute Gasteiger partial charge is 0.0129 e. The molecule has 0 aromatic heterocycles. The van der Waals surface area contributed by atoms with Gasteiger partial charge in [0.2, 0.25) is 0 Å². The van der Waals surface area contributed by atoms with Gasteiger partial charge in [-0.05, 0) is 57.4 Å². The van der Waals surface area contributed by atoms with Gasteiger partial charge in [0.05, 0.1) is 0 Å². The molecule has 1 aliphatic carbocycles. The van der Waals surface area contributed by atoms with E-state index in [1.165, 1.54) is 25.8 Å². The quantitative estimate of drug-likeness (QED) is 0.628. The normalized spacial score (nSPS) is 20.8. The van der Waals surface area contributed by atoms with Crippen LogP contribution in [0.15, 0.2) is 0 Å². The molecule has 0 aliphatic heterocycles. The van der Waals surface area contributed by atoms with Crippen LogP contribution >= 0.6 is 0 Å². The van der Waals surface area contributed by atoms with Crippen molar-refractivity contribution in [1.82, 2.24) is 4.90 Å². The minimum Gasteiger partial charge on any atom is -0.298 e. The van der Waals surface area contributed by atoms with Crippen molar-refractivity contribution in [3.8, 4) is 0 Å². The summed E-state index contributed by atoms with van der Waals surface area (Å²) in [6, 6.07) is 1.55. The summed E-state index contributed by atoms with van der Waals surface area (Å²) in [5, 5.41) is 0. The first kappa shape index (κ1) is 14.0. The van der Waals surface area contributed by atoms with Crippen molar-refractivity contribution in [2.75, 3.05) is 6.54 Å². The molecule has 1 fully saturated rings. The van der Waals surface area contributed by atoms with Crippen LogP contribution in [-0.2, 0) is 0 Å². The molecule has 16 heavy (non-hydrogen) atoms. The van der Waals surface area contributed by atoms with Crippen molar-refractivity contribution in [1.29, 1.82) is 0 Å². The molecule has 0 heterocycles. The van der Waals surface area contributed by atoms with Crippen molar-refractivity contribution < 1.29 is 0 Å². The van der Waals surface area contributed by atoms with Crippen molar-refractivity contribution in [3.63, 3.8) is 0 Å². The topological polar surface area (TPSA) is 3.24 Å². The van der Waals surface area contributed by atoms with E-state index in [2.05, 4.69) is 46.4 Å². The zero-order chi connectivity index (χ0) is 12.3. The molecule has 1 aliphatic rings. The van der Waals surface area contributed by atoms with Crippen LogP contribution in [0.4, 0.5) is 0 Å². The Hall–Kier alpha value is -0.0400. The number of rotatable bonds is 7. The van der Waals surface area contributed by atoms with Crippen LogP contribution in [0.5, 0.6) is 0 Å². The molecule has 1 nitrogen and oxygen atoms in total. The highest BCUT2D eigenvalue weighted by molar-refractivity contribution is 4.90. The maximum absolute atomic E-state index is 2.72. The second-order valence-corrected chi connectivity index (χ2v) is 6.29. The Morgan fingerprint density at radius 2 is 1.62 bits per heavy atom. The van der Waals surface area contributed by atoms with Crippen molar-refractivity contribution in [2.45, 2.75) is 72.9 Å². The summed E-state index contributed by atoms with van der Waals surface area (Å²) in [5.74, 6) is 2.69. The van der Waals surface area contributed by atoms with E-state index in [0.29, 0.717) is 6.04 Å². The molecule has 1 saturated carbocycles. The first-order chi connectivity index (χ1) is 7.47. The van der Waals surface area contributed by atoms with E-state index in [-0.39, 0.29) is 0 Å². The minimum atomic E-state index is 0.704. The number of hydrogen-bond acceptors (Lipinski definition) is 1. The Balaban J connectivity index is 2.59. The molecule has 0 aromatic carbocycles. The highest BCUT2D eigenvalue weighted by Gasteiger charge is 2.36. The second kappa shape index (κ2) is 6.05. The van der Waals surface area contributed by atoms with Crippen LogP contribution in [0.25, 0.3) is 0 Å². The standard InChI is InChI=1S/C15H31N/c1-7-16(12(4)5)15(14-8-9-14)10-13(6)11(2)3/h11-15H,7-10H2,1-6H3. The SMILES string of the molecule is CCN(C(C)C)C(CC(C)C(C)C)C1CC1. The van der Waals surface area contributed by atoms with E-state index in [1.807, 2.05) is 0 Å². The largest absolute Gasteiger partial charge is 0.298 e. The van der Waals surface area contributed by atoms with E-state index < -0.39 is 0 Å². The first-order valence-corrected chi connectivity index (χ1v) is 7.23. The zero-order valence-electron chi connectivity index (χ0n) is 12.2. The molecular formula is C15H31N. The second-order valence-electron chi connectivity index (χ2n) is 6.29. The van der Waals surface area contributed by atoms with Crippen LogP contribution in [0.1, 0.15) is 60.8 Å². The van der Waals surface area contributed by atoms with Crippen LogP contribution in [0.2, 0.25) is 0 Å². The molecule has 0 radical (unpaired) electrons. The molecule has 0 amide bonds. The summed E-state index contributed by atoms with van der Waals surface area (Å²) in [6.45, 7) is 15.4. The van der Waals surface area contributed by atoms with Gasteiger partial charge in [0.1, 0.15) is 0 Å². The van der Waals surface area contributed by atoms with Gasteiger partial charge in [0.15, 0.2) is 0 Å². The molecular weight excluding hydrogens is 194 g/mol. The Morgan fingerprint density at radius 3 is 1.94 bits per heavy atom. The third-order valence-electron chi connectivity index (χ3n) is 4.37. The lowest BCUT2D eigenvalue weighted by molar-refractivity contribution is 0.115. The van der Waals surface area contributed by atoms with Crippen molar-refractivity contribution in [2.24, 2.45) is 17.8 Å². The molecule has 0 aromatic rings. The highest BCUT2D eigenvalue weighted by Crippen LogP contribution is 2.39. The molecule has 1 heteroatoms. The molecule has 0 saturated heterocycles. The van der Waals surface area contributed by atoms with E-state index in [1.54, 1.807) is 0 Å². The van der Waals surface area contributed by atoms with Gasteiger partial charge in [-0.25, -0.2) is 0 Å². The van der Waals surface area contributed by atoms with Gasteiger partial charge in [0, 0.05) is 12.1 Å². The Kier molecular flexibility index (Phi) is 5.30. The molecule has 2 unspecified atom stereocenters. The molecule has 96 valence electrons. The van der Waals surface area contributed by atoms with Crippen molar-refractivity contribution in [3.05, 3.63) is 0 Å². The fourth-order valence-electron chi connectivity index (χ4n) is 2.72. The summed E-state index contributed by atoms with van der Waals surface area (Å²) >= 11 is 0. The van der Waals surface area contributed by atoms with Gasteiger partial charge >= 0.3 is 0 Å². The first-order valence-electron chi connectivity index (χ1n) is 7.23. The zero-order valence-corrected chi connectivity index (χ0v) is 12.2. The summed E-state index contributed by atoms with van der Waals surface area (Å²) in [7, 11) is 0. The van der Waals surface area contributed by atoms with Gasteiger partial charge in [-0.1, -0.05) is 27.7 Å². The lowest BCUT2D eigenvalue weighted by atomic mass is 9.88. The molecule has 0 spiro atoms. The van der Waals surface area contributed by atoms with Gasteiger partial charge < -0.3 is 0 Å². The maximum atomic E-state index is 2.72. The Bertz CT molecular complexity index is 194. The molecule has 1 rings (SSSR count). The molecule has 0 bridgehead atoms. The third-order valence-corrected chi connectivity index (χ3v) is 4.37. The van der Waals surface area contributed by atoms with Gasteiger partial charge in [0.25, 0.3) is 0 Å². The summed E-state index contributed by atoms with van der Waals surface area (Å²) in [6.07, 6.45) is 4.34. The van der Waals surface area contributed by atoms with Crippen LogP contribution < -0.4 is 0 Å². The van der Waals surface area contributed by atoms with Crippen LogP contribution in [0, 0.1) is 17.8 Å². The number of hydrogen-bond donors (Lipinski definition) is 0. The summed E-state index contributed by atoms with van der Waals surface area (Å²) < 4.78 is 0. The van der Waals surface area contributed by atoms with Gasteiger partial charge in [-0.3, -0.25) is 4.90 Å². The van der Waals surface area contributed by atoms with Crippen molar-refractivity contribution >= 4 is 0 Å².